The van der Waals surface area contributed by atoms with E-state index < -0.39 is 5.60 Å². The van der Waals surface area contributed by atoms with Crippen molar-refractivity contribution in [3.8, 4) is 0 Å². The molecule has 2 saturated carbocycles. The van der Waals surface area contributed by atoms with Crippen LogP contribution in [0.15, 0.2) is 0 Å². The maximum atomic E-state index is 13.6. The first-order chi connectivity index (χ1) is 11.6. The van der Waals surface area contributed by atoms with Crippen molar-refractivity contribution >= 4 is 5.91 Å². The molecule has 136 valence electrons. The van der Waals surface area contributed by atoms with Crippen molar-refractivity contribution in [2.24, 2.45) is 11.8 Å². The molecule has 5 nitrogen and oxygen atoms in total. The Bertz CT molecular complexity index is 481. The van der Waals surface area contributed by atoms with Crippen molar-refractivity contribution in [2.75, 3.05) is 39.4 Å². The summed E-state index contributed by atoms with van der Waals surface area (Å²) in [5, 5.41) is 11.1. The van der Waals surface area contributed by atoms with Gasteiger partial charge in [-0.2, -0.15) is 0 Å². The molecule has 4 fully saturated rings. The summed E-state index contributed by atoms with van der Waals surface area (Å²) in [6.07, 6.45) is 7.70. The van der Waals surface area contributed by atoms with Crippen LogP contribution in [-0.2, 0) is 9.53 Å². The molecule has 4 aliphatic rings. The average molecular weight is 336 g/mol. The quantitative estimate of drug-likeness (QED) is 0.851. The Hall–Kier alpha value is -0.650. The van der Waals surface area contributed by atoms with Crippen LogP contribution in [0.2, 0.25) is 0 Å². The first-order valence-electron chi connectivity index (χ1n) is 9.91. The van der Waals surface area contributed by atoms with E-state index in [0.717, 1.165) is 71.4 Å². The third kappa shape index (κ3) is 2.69. The summed E-state index contributed by atoms with van der Waals surface area (Å²) in [5.41, 5.74) is -0.979. The number of morpholine rings is 1. The summed E-state index contributed by atoms with van der Waals surface area (Å²) >= 11 is 0. The fourth-order valence-electron chi connectivity index (χ4n) is 5.37. The lowest BCUT2D eigenvalue weighted by Crippen LogP contribution is -2.63. The van der Waals surface area contributed by atoms with Gasteiger partial charge in [0, 0.05) is 25.6 Å². The van der Waals surface area contributed by atoms with Gasteiger partial charge < -0.3 is 14.7 Å². The number of hydrogen-bond acceptors (Lipinski definition) is 4. The molecule has 1 N–H and O–H groups in total. The molecule has 0 aromatic rings. The molecule has 2 aliphatic heterocycles. The number of β-amino-alcohol motifs (C(OH)–C–C–N with tert-alkyl or cyclic N) is 1. The molecule has 2 heterocycles. The summed E-state index contributed by atoms with van der Waals surface area (Å²) in [6.45, 7) is 6.58. The minimum absolute atomic E-state index is 0.194. The van der Waals surface area contributed by atoms with Gasteiger partial charge in [0.15, 0.2) is 0 Å². The van der Waals surface area contributed by atoms with Gasteiger partial charge >= 0.3 is 0 Å². The molecule has 2 saturated heterocycles. The molecule has 0 bridgehead atoms. The summed E-state index contributed by atoms with van der Waals surface area (Å²) < 4.78 is 5.52. The van der Waals surface area contributed by atoms with E-state index in [1.165, 1.54) is 6.42 Å². The fourth-order valence-corrected chi connectivity index (χ4v) is 5.37. The van der Waals surface area contributed by atoms with Crippen molar-refractivity contribution in [1.82, 2.24) is 9.80 Å². The SMILES string of the molecule is C[C@@H]1CN(C(=O)C2(N3CCOCC3)CCCCC2)C[C@@]1(O)C1CC1. The highest BCUT2D eigenvalue weighted by Crippen LogP contribution is 2.48. The number of carbonyl (C=O) groups is 1. The van der Waals surface area contributed by atoms with Crippen molar-refractivity contribution in [1.29, 1.82) is 0 Å². The van der Waals surface area contributed by atoms with E-state index in [1.807, 2.05) is 4.90 Å². The van der Waals surface area contributed by atoms with Gasteiger partial charge in [0.1, 0.15) is 5.54 Å². The van der Waals surface area contributed by atoms with Crippen molar-refractivity contribution < 1.29 is 14.6 Å². The first-order valence-corrected chi connectivity index (χ1v) is 9.91. The predicted octanol–water partition coefficient (Wildman–Crippen LogP) is 1.64. The second-order valence-corrected chi connectivity index (χ2v) is 8.54. The minimum Gasteiger partial charge on any atom is -0.387 e. The second-order valence-electron chi connectivity index (χ2n) is 8.54. The van der Waals surface area contributed by atoms with E-state index in [-0.39, 0.29) is 17.4 Å². The largest absolute Gasteiger partial charge is 0.387 e. The molecular weight excluding hydrogens is 304 g/mol. The van der Waals surface area contributed by atoms with Crippen LogP contribution < -0.4 is 0 Å². The van der Waals surface area contributed by atoms with E-state index in [1.54, 1.807) is 0 Å². The van der Waals surface area contributed by atoms with Crippen molar-refractivity contribution in [2.45, 2.75) is 63.0 Å². The van der Waals surface area contributed by atoms with E-state index in [2.05, 4.69) is 11.8 Å². The molecule has 0 aromatic carbocycles. The van der Waals surface area contributed by atoms with Crippen LogP contribution in [0.5, 0.6) is 0 Å². The Morgan fingerprint density at radius 1 is 1.12 bits per heavy atom. The number of carbonyl (C=O) groups excluding carboxylic acids is 1. The van der Waals surface area contributed by atoms with Crippen molar-refractivity contribution in [3.63, 3.8) is 0 Å². The van der Waals surface area contributed by atoms with E-state index >= 15 is 0 Å². The van der Waals surface area contributed by atoms with E-state index in [4.69, 9.17) is 4.74 Å². The normalized spacial score (nSPS) is 37.6. The Morgan fingerprint density at radius 3 is 2.42 bits per heavy atom. The number of nitrogens with zero attached hydrogens (tertiary/aromatic N) is 2. The average Bonchev–Trinajstić information content (AvgIpc) is 3.43. The lowest BCUT2D eigenvalue weighted by molar-refractivity contribution is -0.151. The van der Waals surface area contributed by atoms with Crippen molar-refractivity contribution in [3.05, 3.63) is 0 Å². The lowest BCUT2D eigenvalue weighted by atomic mass is 9.78. The fraction of sp³-hybridized carbons (Fsp3) is 0.947. The van der Waals surface area contributed by atoms with Crippen LogP contribution in [-0.4, -0.2) is 71.3 Å². The zero-order valence-electron chi connectivity index (χ0n) is 15.0. The van der Waals surface area contributed by atoms with Gasteiger partial charge in [0.25, 0.3) is 0 Å². The van der Waals surface area contributed by atoms with Gasteiger partial charge in [-0.15, -0.1) is 0 Å². The summed E-state index contributed by atoms with van der Waals surface area (Å²) in [6, 6.07) is 0. The van der Waals surface area contributed by atoms with E-state index in [9.17, 15) is 9.90 Å². The van der Waals surface area contributed by atoms with Crippen LogP contribution in [0.1, 0.15) is 51.9 Å². The standard InChI is InChI=1S/C19H32N2O3/c1-15-13-20(14-19(15,23)16-5-6-16)17(22)18(7-3-2-4-8-18)21-9-11-24-12-10-21/h15-16,23H,2-14H2,1H3/t15-,19+/m1/s1. The van der Waals surface area contributed by atoms with Gasteiger partial charge in [0.2, 0.25) is 5.91 Å². The maximum Gasteiger partial charge on any atom is 0.243 e. The number of hydrogen-bond donors (Lipinski definition) is 1. The third-order valence-corrected chi connectivity index (χ3v) is 7.06. The number of likely N-dealkylation sites (tertiary alicyclic amines) is 1. The topological polar surface area (TPSA) is 53.0 Å². The highest BCUT2D eigenvalue weighted by molar-refractivity contribution is 5.87. The molecule has 0 spiro atoms. The molecule has 2 aliphatic carbocycles. The van der Waals surface area contributed by atoms with Gasteiger partial charge in [-0.05, 0) is 31.6 Å². The monoisotopic (exact) mass is 336 g/mol. The molecule has 2 atom stereocenters. The van der Waals surface area contributed by atoms with Crippen LogP contribution in [0.4, 0.5) is 0 Å². The number of rotatable bonds is 3. The van der Waals surface area contributed by atoms with Crippen LogP contribution in [0, 0.1) is 11.8 Å². The number of aliphatic hydroxyl groups is 1. The Balaban J connectivity index is 1.55. The zero-order valence-corrected chi connectivity index (χ0v) is 15.0. The Morgan fingerprint density at radius 2 is 1.79 bits per heavy atom. The molecule has 0 unspecified atom stereocenters. The molecule has 1 amide bonds. The second kappa shape index (κ2) is 6.26. The van der Waals surface area contributed by atoms with Crippen LogP contribution in [0.3, 0.4) is 0 Å². The highest BCUT2D eigenvalue weighted by Gasteiger charge is 2.56. The summed E-state index contributed by atoms with van der Waals surface area (Å²) in [7, 11) is 0. The van der Waals surface area contributed by atoms with Gasteiger partial charge in [-0.1, -0.05) is 26.2 Å². The summed E-state index contributed by atoms with van der Waals surface area (Å²) in [5.74, 6) is 0.891. The third-order valence-electron chi connectivity index (χ3n) is 7.06. The van der Waals surface area contributed by atoms with Gasteiger partial charge in [0.05, 0.1) is 25.4 Å². The zero-order chi connectivity index (χ0) is 16.8. The molecule has 0 aromatic heterocycles. The minimum atomic E-state index is -0.642. The Labute approximate surface area is 145 Å². The van der Waals surface area contributed by atoms with Crippen LogP contribution >= 0.6 is 0 Å². The van der Waals surface area contributed by atoms with Gasteiger partial charge in [-0.3, -0.25) is 9.69 Å². The smallest absolute Gasteiger partial charge is 0.243 e. The molecule has 0 radical (unpaired) electrons. The van der Waals surface area contributed by atoms with Crippen LogP contribution in [0.25, 0.3) is 0 Å². The predicted molar refractivity (Wildman–Crippen MR) is 91.6 cm³/mol. The number of ether oxygens (including phenoxy) is 1. The first kappa shape index (κ1) is 16.8. The highest BCUT2D eigenvalue weighted by atomic mass is 16.5. The van der Waals surface area contributed by atoms with Gasteiger partial charge in [-0.25, -0.2) is 0 Å². The molecule has 24 heavy (non-hydrogen) atoms. The summed E-state index contributed by atoms with van der Waals surface area (Å²) in [4.78, 5) is 18.0. The molecular formula is C19H32N2O3. The lowest BCUT2D eigenvalue weighted by Gasteiger charge is -2.48. The molecule has 5 heteroatoms. The van der Waals surface area contributed by atoms with E-state index in [0.29, 0.717) is 12.5 Å². The maximum absolute atomic E-state index is 13.6. The Kier molecular flexibility index (Phi) is 4.38. The number of amides is 1. The molecule has 4 rings (SSSR count).